The van der Waals surface area contributed by atoms with Crippen LogP contribution in [-0.4, -0.2) is 28.2 Å². The molecular weight excluding hydrogens is 282 g/mol. The van der Waals surface area contributed by atoms with Crippen LogP contribution in [0.4, 0.5) is 11.4 Å². The summed E-state index contributed by atoms with van der Waals surface area (Å²) in [4.78, 5) is 4.36. The molecule has 0 aliphatic rings. The number of hydrogen-bond acceptors (Lipinski definition) is 2. The first kappa shape index (κ1) is 15.6. The van der Waals surface area contributed by atoms with Crippen molar-refractivity contribution in [1.82, 2.24) is 0 Å². The number of aryl methyl sites for hydroxylation is 3. The van der Waals surface area contributed by atoms with Gasteiger partial charge in [-0.2, -0.15) is 4.57 Å². The average molecular weight is 308 g/mol. The van der Waals surface area contributed by atoms with Crippen molar-refractivity contribution in [3.05, 3.63) is 41.5 Å². The third-order valence-electron chi connectivity index (χ3n) is 4.69. The highest BCUT2D eigenvalue weighted by molar-refractivity contribution is 5.92. The molecular formula is C20H26N3+. The third kappa shape index (κ3) is 2.50. The fraction of sp³-hybridized carbons (Fsp3) is 0.350. The summed E-state index contributed by atoms with van der Waals surface area (Å²) in [6, 6.07) is 11.5. The van der Waals surface area contributed by atoms with E-state index in [0.717, 1.165) is 0 Å². The zero-order valence-electron chi connectivity index (χ0n) is 15.2. The Morgan fingerprint density at radius 2 is 1.04 bits per heavy atom. The van der Waals surface area contributed by atoms with Crippen molar-refractivity contribution < 1.29 is 4.57 Å². The number of aromatic nitrogens is 1. The minimum atomic E-state index is 1.26. The second-order valence-corrected chi connectivity index (χ2v) is 6.89. The quantitative estimate of drug-likeness (QED) is 0.529. The zero-order chi connectivity index (χ0) is 16.9. The average Bonchev–Trinajstić information content (AvgIpc) is 2.45. The van der Waals surface area contributed by atoms with Crippen molar-refractivity contribution in [2.75, 3.05) is 38.0 Å². The molecule has 1 heterocycles. The Morgan fingerprint density at radius 3 is 1.39 bits per heavy atom. The molecule has 0 aliphatic heterocycles. The van der Waals surface area contributed by atoms with Crippen LogP contribution in [0.15, 0.2) is 30.3 Å². The van der Waals surface area contributed by atoms with Crippen molar-refractivity contribution >= 4 is 33.2 Å². The standard InChI is InChI=1S/C20H26N3/c1-13-8-15-10-16-9-14(2)18(22(5)6)12-20(16)23(7)19(15)11-17(13)21(3)4/h8-12H,1-7H3/q+1. The molecule has 0 unspecified atom stereocenters. The van der Waals surface area contributed by atoms with E-state index in [0.29, 0.717) is 0 Å². The first-order valence-electron chi connectivity index (χ1n) is 8.02. The van der Waals surface area contributed by atoms with Crippen molar-refractivity contribution in [1.29, 1.82) is 0 Å². The molecule has 23 heavy (non-hydrogen) atoms. The lowest BCUT2D eigenvalue weighted by atomic mass is 10.0. The monoisotopic (exact) mass is 308 g/mol. The lowest BCUT2D eigenvalue weighted by Crippen LogP contribution is -2.30. The molecule has 1 aromatic heterocycles. The van der Waals surface area contributed by atoms with Crippen LogP contribution in [0.1, 0.15) is 11.1 Å². The van der Waals surface area contributed by atoms with Crippen LogP contribution in [0.2, 0.25) is 0 Å². The summed E-state index contributed by atoms with van der Waals surface area (Å²) in [6.45, 7) is 4.36. The smallest absolute Gasteiger partial charge is 0.214 e. The molecule has 0 spiro atoms. The number of benzene rings is 2. The second kappa shape index (κ2) is 5.41. The van der Waals surface area contributed by atoms with E-state index in [1.807, 2.05) is 0 Å². The maximum absolute atomic E-state index is 2.31. The van der Waals surface area contributed by atoms with Crippen molar-refractivity contribution in [2.24, 2.45) is 7.05 Å². The summed E-state index contributed by atoms with van der Waals surface area (Å²) >= 11 is 0. The van der Waals surface area contributed by atoms with Gasteiger partial charge in [-0.25, -0.2) is 0 Å². The molecule has 0 bridgehead atoms. The summed E-state index contributed by atoms with van der Waals surface area (Å²) in [6.07, 6.45) is 0. The summed E-state index contributed by atoms with van der Waals surface area (Å²) in [5.41, 5.74) is 7.69. The first-order chi connectivity index (χ1) is 10.8. The zero-order valence-corrected chi connectivity index (χ0v) is 15.2. The van der Waals surface area contributed by atoms with Crippen LogP contribution in [-0.2, 0) is 7.05 Å². The molecule has 3 aromatic rings. The molecule has 0 saturated heterocycles. The maximum atomic E-state index is 2.31. The Kier molecular flexibility index (Phi) is 3.67. The highest BCUT2D eigenvalue weighted by atomic mass is 15.1. The van der Waals surface area contributed by atoms with Crippen LogP contribution in [0.25, 0.3) is 21.8 Å². The van der Waals surface area contributed by atoms with Crippen molar-refractivity contribution in [3.8, 4) is 0 Å². The molecule has 0 fully saturated rings. The topological polar surface area (TPSA) is 10.4 Å². The maximum Gasteiger partial charge on any atom is 0.214 e. The summed E-state index contributed by atoms with van der Waals surface area (Å²) in [5.74, 6) is 0. The number of hydrogen-bond donors (Lipinski definition) is 0. The van der Waals surface area contributed by atoms with E-state index >= 15 is 0 Å². The Morgan fingerprint density at radius 1 is 0.652 bits per heavy atom. The van der Waals surface area contributed by atoms with Gasteiger partial charge in [0.1, 0.15) is 7.05 Å². The van der Waals surface area contributed by atoms with E-state index in [1.54, 1.807) is 0 Å². The van der Waals surface area contributed by atoms with Gasteiger partial charge < -0.3 is 9.80 Å². The molecule has 120 valence electrons. The fourth-order valence-electron chi connectivity index (χ4n) is 3.49. The number of fused-ring (bicyclic) bond motifs is 2. The number of anilines is 2. The van der Waals surface area contributed by atoms with Gasteiger partial charge in [-0.1, -0.05) is 0 Å². The highest BCUT2D eigenvalue weighted by Gasteiger charge is 2.16. The Labute approximate surface area is 138 Å². The number of rotatable bonds is 2. The lowest BCUT2D eigenvalue weighted by molar-refractivity contribution is -0.617. The highest BCUT2D eigenvalue weighted by Crippen LogP contribution is 2.29. The minimum absolute atomic E-state index is 1.26. The van der Waals surface area contributed by atoms with E-state index < -0.39 is 0 Å². The third-order valence-corrected chi connectivity index (χ3v) is 4.69. The summed E-state index contributed by atoms with van der Waals surface area (Å²) in [7, 11) is 10.6. The molecule has 2 aromatic carbocycles. The van der Waals surface area contributed by atoms with Gasteiger partial charge >= 0.3 is 0 Å². The molecule has 0 saturated carbocycles. The minimum Gasteiger partial charge on any atom is -0.377 e. The first-order valence-corrected chi connectivity index (χ1v) is 8.02. The molecule has 0 radical (unpaired) electrons. The molecule has 0 N–H and O–H groups in total. The molecule has 0 amide bonds. The largest absolute Gasteiger partial charge is 0.377 e. The molecule has 0 aliphatic carbocycles. The van der Waals surface area contributed by atoms with Gasteiger partial charge in [-0.3, -0.25) is 0 Å². The van der Waals surface area contributed by atoms with Gasteiger partial charge in [0.25, 0.3) is 0 Å². The molecule has 3 rings (SSSR count). The van der Waals surface area contributed by atoms with E-state index in [2.05, 4.69) is 93.8 Å². The molecule has 0 atom stereocenters. The SMILES string of the molecule is Cc1cc2cc3cc(C)c(N(C)C)cc3[n+](C)c2cc1N(C)C. The van der Waals surface area contributed by atoms with Crippen molar-refractivity contribution in [2.45, 2.75) is 13.8 Å². The fourth-order valence-corrected chi connectivity index (χ4v) is 3.49. The summed E-state index contributed by atoms with van der Waals surface area (Å²) in [5, 5.41) is 2.58. The van der Waals surface area contributed by atoms with Gasteiger partial charge in [0.05, 0.1) is 0 Å². The van der Waals surface area contributed by atoms with Crippen LogP contribution in [0, 0.1) is 13.8 Å². The van der Waals surface area contributed by atoms with Crippen LogP contribution in [0.3, 0.4) is 0 Å². The Balaban J connectivity index is 2.41. The van der Waals surface area contributed by atoms with Crippen LogP contribution in [0.5, 0.6) is 0 Å². The molecule has 3 heteroatoms. The van der Waals surface area contributed by atoms with E-state index in [9.17, 15) is 0 Å². The predicted molar refractivity (Wildman–Crippen MR) is 101 cm³/mol. The van der Waals surface area contributed by atoms with E-state index in [4.69, 9.17) is 0 Å². The normalized spacial score (nSPS) is 11.3. The van der Waals surface area contributed by atoms with Gasteiger partial charge in [0.15, 0.2) is 0 Å². The van der Waals surface area contributed by atoms with E-state index in [1.165, 1.54) is 44.3 Å². The van der Waals surface area contributed by atoms with Gasteiger partial charge in [-0.15, -0.1) is 0 Å². The van der Waals surface area contributed by atoms with Gasteiger partial charge in [-0.05, 0) is 43.2 Å². The number of pyridine rings is 1. The van der Waals surface area contributed by atoms with Gasteiger partial charge in [0.2, 0.25) is 11.0 Å². The predicted octanol–water partition coefficient (Wildman–Crippen LogP) is 3.57. The Hall–Kier alpha value is -2.29. The lowest BCUT2D eigenvalue weighted by Gasteiger charge is -2.17. The van der Waals surface area contributed by atoms with Crippen molar-refractivity contribution in [3.63, 3.8) is 0 Å². The number of nitrogens with zero attached hydrogens (tertiary/aromatic N) is 3. The summed E-state index contributed by atoms with van der Waals surface area (Å²) < 4.78 is 2.31. The molecule has 3 nitrogen and oxygen atoms in total. The van der Waals surface area contributed by atoms with Crippen LogP contribution >= 0.6 is 0 Å². The second-order valence-electron chi connectivity index (χ2n) is 6.89. The van der Waals surface area contributed by atoms with E-state index in [-0.39, 0.29) is 0 Å². The van der Waals surface area contributed by atoms with Gasteiger partial charge in [0, 0.05) is 62.5 Å². The Bertz CT molecular complexity index is 836. The van der Waals surface area contributed by atoms with Crippen LogP contribution < -0.4 is 14.4 Å².